The lowest BCUT2D eigenvalue weighted by Gasteiger charge is -2.17. The number of aromatic nitrogens is 1. The zero-order valence-corrected chi connectivity index (χ0v) is 23.9. The number of carbonyl (C=O) groups is 1. The molecule has 1 aromatic heterocycles. The van der Waals surface area contributed by atoms with Crippen LogP contribution in [0.3, 0.4) is 0 Å². The molecule has 6 nitrogen and oxygen atoms in total. The number of hydrogen-bond acceptors (Lipinski definition) is 6. The summed E-state index contributed by atoms with van der Waals surface area (Å²) >= 11 is 6.07. The van der Waals surface area contributed by atoms with Gasteiger partial charge in [-0.3, -0.25) is 19.8 Å². The average molecular weight is 561 g/mol. The fourth-order valence-electron chi connectivity index (χ4n) is 4.91. The van der Waals surface area contributed by atoms with Gasteiger partial charge in [-0.05, 0) is 99.7 Å². The number of aromatic hydroxyl groups is 1. The Kier molecular flexibility index (Phi) is 8.43. The van der Waals surface area contributed by atoms with Crippen LogP contribution in [0.15, 0.2) is 58.7 Å². The molecule has 0 aliphatic heterocycles. The molecule has 0 bridgehead atoms. The third-order valence-electron chi connectivity index (χ3n) is 7.44. The van der Waals surface area contributed by atoms with Crippen molar-refractivity contribution in [2.75, 3.05) is 27.2 Å². The molecule has 40 heavy (non-hydrogen) atoms. The van der Waals surface area contributed by atoms with E-state index in [1.807, 2.05) is 38.4 Å². The van der Waals surface area contributed by atoms with Crippen molar-refractivity contribution < 1.29 is 14.3 Å². The number of likely N-dealkylation sites (N-methyl/N-ethyl adjacent to an activating group) is 1. The van der Waals surface area contributed by atoms with Crippen LogP contribution in [0.4, 0.5) is 10.1 Å². The fourth-order valence-corrected chi connectivity index (χ4v) is 5.11. The van der Waals surface area contributed by atoms with E-state index < -0.39 is 11.6 Å². The number of ketones is 1. The number of aliphatic imine (C=N–C) groups is 2. The van der Waals surface area contributed by atoms with Gasteiger partial charge in [-0.15, -0.1) is 0 Å². The minimum atomic E-state index is -0.796. The maximum Gasteiger partial charge on any atom is 0.170 e. The maximum absolute atomic E-state index is 14.3. The normalized spacial score (nSPS) is 20.7. The first kappa shape index (κ1) is 28.1. The maximum atomic E-state index is 14.3. The molecule has 2 aliphatic carbocycles. The van der Waals surface area contributed by atoms with E-state index >= 15 is 0 Å². The molecule has 0 amide bonds. The molecule has 5 rings (SSSR count). The fraction of sp³-hybridized carbons (Fsp3) is 0.375. The summed E-state index contributed by atoms with van der Waals surface area (Å²) in [6.45, 7) is 3.85. The monoisotopic (exact) mass is 560 g/mol. The van der Waals surface area contributed by atoms with Gasteiger partial charge in [-0.25, -0.2) is 4.39 Å². The number of halogens is 2. The summed E-state index contributed by atoms with van der Waals surface area (Å²) < 4.78 is 14.3. The van der Waals surface area contributed by atoms with Gasteiger partial charge in [-0.1, -0.05) is 24.6 Å². The van der Waals surface area contributed by atoms with E-state index in [4.69, 9.17) is 21.6 Å². The minimum Gasteiger partial charge on any atom is -0.504 e. The summed E-state index contributed by atoms with van der Waals surface area (Å²) in [6.07, 6.45) is 10.2. The third kappa shape index (κ3) is 6.48. The Morgan fingerprint density at radius 2 is 1.90 bits per heavy atom. The molecule has 3 aromatic rings. The average Bonchev–Trinajstić information content (AvgIpc) is 3.76. The van der Waals surface area contributed by atoms with E-state index in [1.54, 1.807) is 6.20 Å². The van der Waals surface area contributed by atoms with Crippen LogP contribution >= 0.6 is 11.6 Å². The van der Waals surface area contributed by atoms with Crippen LogP contribution in [0.5, 0.6) is 5.75 Å². The highest BCUT2D eigenvalue weighted by Gasteiger charge is 2.32. The number of fused-ring (bicyclic) bond motifs is 1. The summed E-state index contributed by atoms with van der Waals surface area (Å²) in [5, 5.41) is 10.4. The molecule has 0 saturated heterocycles. The van der Waals surface area contributed by atoms with E-state index in [1.165, 1.54) is 12.1 Å². The van der Waals surface area contributed by atoms with Crippen LogP contribution in [0, 0.1) is 17.7 Å². The van der Waals surface area contributed by atoms with Crippen molar-refractivity contribution in [2.45, 2.75) is 39.0 Å². The lowest BCUT2D eigenvalue weighted by molar-refractivity contribution is 0.0968. The summed E-state index contributed by atoms with van der Waals surface area (Å²) in [7, 11) is 4.08. The van der Waals surface area contributed by atoms with E-state index in [9.17, 15) is 14.3 Å². The number of rotatable bonds is 7. The Morgan fingerprint density at radius 1 is 1.12 bits per heavy atom. The van der Waals surface area contributed by atoms with Crippen LogP contribution < -0.4 is 0 Å². The number of allylic oxidation sites excluding steroid dienone is 2. The van der Waals surface area contributed by atoms with Gasteiger partial charge in [-0.2, -0.15) is 0 Å². The first-order chi connectivity index (χ1) is 19.2. The Bertz CT molecular complexity index is 1520. The molecule has 1 N–H and O–H groups in total. The highest BCUT2D eigenvalue weighted by molar-refractivity contribution is 6.32. The second kappa shape index (κ2) is 12.0. The van der Waals surface area contributed by atoms with E-state index in [0.717, 1.165) is 56.6 Å². The largest absolute Gasteiger partial charge is 0.504 e. The second-order valence-corrected chi connectivity index (χ2v) is 11.5. The predicted octanol–water partition coefficient (Wildman–Crippen LogP) is 7.44. The Hall–Kier alpha value is -3.42. The summed E-state index contributed by atoms with van der Waals surface area (Å²) in [6, 6.07) is 8.31. The number of nitrogens with zero attached hydrogens (tertiary/aromatic N) is 4. The number of Topliss-reactive ketones (excluding diaryl/α,β-unsaturated/α-hetero) is 1. The smallest absolute Gasteiger partial charge is 0.170 e. The van der Waals surface area contributed by atoms with E-state index in [-0.39, 0.29) is 16.7 Å². The first-order valence-corrected chi connectivity index (χ1v) is 14.2. The van der Waals surface area contributed by atoms with Gasteiger partial charge in [0, 0.05) is 35.5 Å². The Balaban J connectivity index is 1.62. The van der Waals surface area contributed by atoms with Crippen LogP contribution in [0.1, 0.15) is 49.4 Å². The summed E-state index contributed by atoms with van der Waals surface area (Å²) in [4.78, 5) is 30.0. The van der Waals surface area contributed by atoms with Gasteiger partial charge >= 0.3 is 0 Å². The number of benzene rings is 2. The highest BCUT2D eigenvalue weighted by atomic mass is 35.5. The van der Waals surface area contributed by atoms with Crippen molar-refractivity contribution in [2.24, 2.45) is 21.8 Å². The van der Waals surface area contributed by atoms with Crippen molar-refractivity contribution in [3.8, 4) is 16.9 Å². The SMILES string of the molecule is CC1CCC(=NCCN(C)C)/C=C\C(=Nc2c(C(=O)C3CC3)cnc3ccc(-c4cc(F)c(O)c(Cl)c4)cc23)C1. The highest BCUT2D eigenvalue weighted by Crippen LogP contribution is 2.40. The van der Waals surface area contributed by atoms with Gasteiger partial charge in [0.25, 0.3) is 0 Å². The summed E-state index contributed by atoms with van der Waals surface area (Å²) in [5.74, 6) is -0.904. The molecule has 2 aliphatic rings. The molecule has 2 aromatic carbocycles. The predicted molar refractivity (Wildman–Crippen MR) is 161 cm³/mol. The zero-order valence-electron chi connectivity index (χ0n) is 23.1. The number of phenolic OH excluding ortho intramolecular Hbond substituents is 1. The van der Waals surface area contributed by atoms with Crippen molar-refractivity contribution >= 4 is 45.4 Å². The Labute approximate surface area is 239 Å². The van der Waals surface area contributed by atoms with Crippen molar-refractivity contribution in [1.29, 1.82) is 0 Å². The number of carbonyl (C=O) groups excluding carboxylic acids is 1. The second-order valence-electron chi connectivity index (χ2n) is 11.1. The molecular weight excluding hydrogens is 527 g/mol. The lowest BCUT2D eigenvalue weighted by atomic mass is 9.93. The molecule has 0 radical (unpaired) electrons. The molecule has 1 saturated carbocycles. The van der Waals surface area contributed by atoms with Gasteiger partial charge < -0.3 is 10.0 Å². The van der Waals surface area contributed by atoms with E-state index in [2.05, 4.69) is 22.9 Å². The van der Waals surface area contributed by atoms with Gasteiger partial charge in [0.1, 0.15) is 0 Å². The molecule has 0 spiro atoms. The van der Waals surface area contributed by atoms with Crippen LogP contribution in [-0.4, -0.2) is 59.4 Å². The van der Waals surface area contributed by atoms with Crippen LogP contribution in [0.2, 0.25) is 5.02 Å². The molecule has 1 atom stereocenters. The van der Waals surface area contributed by atoms with Crippen molar-refractivity contribution in [3.05, 3.63) is 65.1 Å². The van der Waals surface area contributed by atoms with Gasteiger partial charge in [0.05, 0.1) is 28.3 Å². The molecule has 8 heteroatoms. The van der Waals surface area contributed by atoms with Crippen LogP contribution in [-0.2, 0) is 0 Å². The zero-order chi connectivity index (χ0) is 28.4. The number of phenols is 1. The van der Waals surface area contributed by atoms with Gasteiger partial charge in [0.2, 0.25) is 0 Å². The lowest BCUT2D eigenvalue weighted by Crippen LogP contribution is -2.16. The third-order valence-corrected chi connectivity index (χ3v) is 7.73. The standard InChI is InChI=1S/C32H34ClFN4O2/c1-19-4-8-23(35-12-13-38(2)3)9-10-24(14-19)37-30-25-15-21(22-16-27(33)32(40)28(34)17-22)7-11-29(25)36-18-26(30)31(39)20-5-6-20/h7,9-11,15-20,40H,4-6,8,12-14H2,1-3H3/b10-9-,35-23?,37-24?. The van der Waals surface area contributed by atoms with Gasteiger partial charge in [0.15, 0.2) is 17.3 Å². The molecular formula is C32H34ClFN4O2. The quantitative estimate of drug-likeness (QED) is 0.304. The topological polar surface area (TPSA) is 78.2 Å². The number of hydrogen-bond donors (Lipinski definition) is 1. The Morgan fingerprint density at radius 3 is 2.62 bits per heavy atom. The number of pyridine rings is 1. The molecule has 208 valence electrons. The first-order valence-electron chi connectivity index (χ1n) is 13.8. The van der Waals surface area contributed by atoms with E-state index in [0.29, 0.717) is 39.2 Å². The molecule has 1 fully saturated rings. The molecule has 1 heterocycles. The van der Waals surface area contributed by atoms with Crippen molar-refractivity contribution in [3.63, 3.8) is 0 Å². The minimum absolute atomic E-state index is 0.00798. The van der Waals surface area contributed by atoms with Crippen LogP contribution in [0.25, 0.3) is 22.0 Å². The van der Waals surface area contributed by atoms with Crippen molar-refractivity contribution in [1.82, 2.24) is 9.88 Å². The molecule has 1 unspecified atom stereocenters. The summed E-state index contributed by atoms with van der Waals surface area (Å²) in [5.41, 5.74) is 4.93.